The number of hydrogen-bond donors (Lipinski definition) is 0. The monoisotopic (exact) mass is 478 g/mol. The molecule has 0 N–H and O–H groups in total. The van der Waals surface area contributed by atoms with E-state index in [1.807, 2.05) is 60.7 Å². The molecule has 9 heteroatoms. The highest BCUT2D eigenvalue weighted by molar-refractivity contribution is 7.92. The summed E-state index contributed by atoms with van der Waals surface area (Å²) in [5.74, 6) is 0.0914. The molecule has 1 aromatic heterocycles. The minimum Gasteiger partial charge on any atom is -0.255 e. The lowest BCUT2D eigenvalue weighted by molar-refractivity contribution is 0.123. The van der Waals surface area contributed by atoms with Crippen LogP contribution in [0.2, 0.25) is 0 Å². The van der Waals surface area contributed by atoms with Gasteiger partial charge in [0.2, 0.25) is 10.0 Å². The minimum absolute atomic E-state index is 0.0914. The van der Waals surface area contributed by atoms with E-state index in [1.165, 1.54) is 6.20 Å². The normalized spacial score (nSPS) is 13.0. The van der Waals surface area contributed by atoms with Crippen molar-refractivity contribution >= 4 is 44.2 Å². The molecule has 0 aliphatic carbocycles. The zero-order valence-electron chi connectivity index (χ0n) is 18.1. The van der Waals surface area contributed by atoms with Crippen molar-refractivity contribution in [1.82, 2.24) is 9.78 Å². The standard InChI is InChI=1S/C25H20F2N4O2S/c1-34(32,33)31-15-14-17-12-13-20(24-22(17)25(31)29-30(24)16-21(26)27)28-23(18-8-4-2-5-9-18)19-10-6-3-7-11-19/h2-15,21H,16H2,1H3. The molecule has 0 atom stereocenters. The molecule has 0 fully saturated rings. The number of aromatic nitrogens is 2. The summed E-state index contributed by atoms with van der Waals surface area (Å²) >= 11 is 0. The van der Waals surface area contributed by atoms with E-state index in [1.54, 1.807) is 18.2 Å². The maximum Gasteiger partial charge on any atom is 0.257 e. The Kier molecular flexibility index (Phi) is 5.49. The predicted molar refractivity (Wildman–Crippen MR) is 130 cm³/mol. The van der Waals surface area contributed by atoms with Crippen molar-refractivity contribution < 1.29 is 17.2 Å². The van der Waals surface area contributed by atoms with Crippen LogP contribution in [0.1, 0.15) is 16.7 Å². The SMILES string of the molecule is CS(=O)(=O)N1C=Cc2ccc(N=C(c3ccccc3)c3ccccc3)c3c2c1nn3CC(F)F. The van der Waals surface area contributed by atoms with E-state index >= 15 is 0 Å². The van der Waals surface area contributed by atoms with Crippen LogP contribution in [0.15, 0.2) is 84.0 Å². The first kappa shape index (κ1) is 22.0. The number of rotatable bonds is 6. The molecule has 0 saturated heterocycles. The van der Waals surface area contributed by atoms with Crippen molar-refractivity contribution in [3.05, 3.63) is 95.7 Å². The Morgan fingerprint density at radius 2 is 1.59 bits per heavy atom. The Hall–Kier alpha value is -3.85. The smallest absolute Gasteiger partial charge is 0.255 e. The summed E-state index contributed by atoms with van der Waals surface area (Å²) < 4.78 is 53.8. The summed E-state index contributed by atoms with van der Waals surface area (Å²) in [6.45, 7) is -0.688. The Bertz CT molecular complexity index is 1490. The minimum atomic E-state index is -3.70. The van der Waals surface area contributed by atoms with Crippen molar-refractivity contribution in [1.29, 1.82) is 0 Å². The first-order chi connectivity index (χ1) is 16.3. The van der Waals surface area contributed by atoms with Crippen LogP contribution in [-0.4, -0.2) is 36.6 Å². The topological polar surface area (TPSA) is 67.6 Å². The van der Waals surface area contributed by atoms with E-state index in [0.29, 0.717) is 27.9 Å². The quantitative estimate of drug-likeness (QED) is 0.357. The molecule has 4 aromatic rings. The third kappa shape index (κ3) is 3.99. The average Bonchev–Trinajstić information content (AvgIpc) is 3.18. The molecule has 0 spiro atoms. The lowest BCUT2D eigenvalue weighted by Gasteiger charge is -2.19. The Balaban J connectivity index is 1.81. The van der Waals surface area contributed by atoms with Crippen molar-refractivity contribution in [2.24, 2.45) is 4.99 Å². The van der Waals surface area contributed by atoms with Gasteiger partial charge in [-0.3, -0.25) is 4.68 Å². The third-order valence-corrected chi connectivity index (χ3v) is 6.49. The highest BCUT2D eigenvalue weighted by Gasteiger charge is 2.29. The molecule has 0 saturated carbocycles. The second-order valence-corrected chi connectivity index (χ2v) is 9.72. The maximum atomic E-state index is 13.5. The highest BCUT2D eigenvalue weighted by atomic mass is 32.2. The van der Waals surface area contributed by atoms with Crippen LogP contribution in [0, 0.1) is 0 Å². The van der Waals surface area contributed by atoms with Gasteiger partial charge in [-0.2, -0.15) is 5.10 Å². The van der Waals surface area contributed by atoms with Gasteiger partial charge in [-0.1, -0.05) is 66.7 Å². The van der Waals surface area contributed by atoms with Gasteiger partial charge in [0.15, 0.2) is 5.82 Å². The predicted octanol–water partition coefficient (Wildman–Crippen LogP) is 5.22. The summed E-state index contributed by atoms with van der Waals surface area (Å²) in [5, 5.41) is 4.75. The van der Waals surface area contributed by atoms with Crippen LogP contribution in [0.25, 0.3) is 17.0 Å². The molecule has 5 rings (SSSR count). The van der Waals surface area contributed by atoms with Gasteiger partial charge in [0.25, 0.3) is 6.43 Å². The molecule has 0 radical (unpaired) electrons. The number of anilines is 1. The van der Waals surface area contributed by atoms with Crippen molar-refractivity contribution in [3.63, 3.8) is 0 Å². The molecule has 172 valence electrons. The molecular weight excluding hydrogens is 458 g/mol. The number of aliphatic imine (C=N–C) groups is 1. The van der Waals surface area contributed by atoms with Gasteiger partial charge in [-0.25, -0.2) is 26.5 Å². The van der Waals surface area contributed by atoms with Gasteiger partial charge in [0.05, 0.1) is 28.6 Å². The Morgan fingerprint density at radius 3 is 2.15 bits per heavy atom. The Labute approximate surface area is 195 Å². The number of benzene rings is 3. The molecule has 0 bridgehead atoms. The fourth-order valence-corrected chi connectivity index (χ4v) is 4.77. The van der Waals surface area contributed by atoms with Gasteiger partial charge in [0, 0.05) is 17.3 Å². The number of halogens is 2. The molecule has 2 heterocycles. The van der Waals surface area contributed by atoms with E-state index in [9.17, 15) is 17.2 Å². The average molecular weight is 479 g/mol. The Morgan fingerprint density at radius 1 is 0.971 bits per heavy atom. The van der Waals surface area contributed by atoms with E-state index in [-0.39, 0.29) is 5.82 Å². The fraction of sp³-hybridized carbons (Fsp3) is 0.120. The van der Waals surface area contributed by atoms with Crippen molar-refractivity contribution in [2.45, 2.75) is 13.0 Å². The first-order valence-corrected chi connectivity index (χ1v) is 12.4. The number of sulfonamides is 1. The number of alkyl halides is 2. The lowest BCUT2D eigenvalue weighted by atomic mass is 10.0. The fourth-order valence-electron chi connectivity index (χ4n) is 4.05. The molecule has 3 aromatic carbocycles. The summed E-state index contributed by atoms with van der Waals surface area (Å²) in [4.78, 5) is 4.91. The lowest BCUT2D eigenvalue weighted by Crippen LogP contribution is -2.25. The zero-order chi connectivity index (χ0) is 23.9. The summed E-state index contributed by atoms with van der Waals surface area (Å²) in [7, 11) is -3.70. The van der Waals surface area contributed by atoms with Gasteiger partial charge in [-0.05, 0) is 17.7 Å². The van der Waals surface area contributed by atoms with Crippen LogP contribution in [0.5, 0.6) is 0 Å². The second-order valence-electron chi connectivity index (χ2n) is 7.86. The van der Waals surface area contributed by atoms with Crippen LogP contribution >= 0.6 is 0 Å². The molecule has 1 aliphatic heterocycles. The first-order valence-electron chi connectivity index (χ1n) is 10.5. The number of hydrogen-bond acceptors (Lipinski definition) is 4. The van der Waals surface area contributed by atoms with E-state index in [4.69, 9.17) is 4.99 Å². The van der Waals surface area contributed by atoms with Gasteiger partial charge in [0.1, 0.15) is 6.54 Å². The molecule has 6 nitrogen and oxygen atoms in total. The molecule has 1 aliphatic rings. The summed E-state index contributed by atoms with van der Waals surface area (Å²) in [6, 6.07) is 22.7. The zero-order valence-corrected chi connectivity index (χ0v) is 19.0. The summed E-state index contributed by atoms with van der Waals surface area (Å²) in [6.07, 6.45) is 1.38. The molecule has 34 heavy (non-hydrogen) atoms. The molecule has 0 amide bonds. The van der Waals surface area contributed by atoms with Gasteiger partial charge in [-0.15, -0.1) is 0 Å². The van der Waals surface area contributed by atoms with Gasteiger partial charge >= 0.3 is 0 Å². The van der Waals surface area contributed by atoms with Crippen molar-refractivity contribution in [3.8, 4) is 0 Å². The van der Waals surface area contributed by atoms with E-state index < -0.39 is 23.0 Å². The van der Waals surface area contributed by atoms with Crippen LogP contribution in [-0.2, 0) is 16.6 Å². The highest BCUT2D eigenvalue weighted by Crippen LogP contribution is 2.40. The van der Waals surface area contributed by atoms with Crippen LogP contribution in [0.4, 0.5) is 20.3 Å². The second kappa shape index (κ2) is 8.49. The van der Waals surface area contributed by atoms with Crippen LogP contribution < -0.4 is 4.31 Å². The largest absolute Gasteiger partial charge is 0.257 e. The number of nitrogens with zero attached hydrogens (tertiary/aromatic N) is 4. The molecule has 0 unspecified atom stereocenters. The van der Waals surface area contributed by atoms with E-state index in [0.717, 1.165) is 26.4 Å². The molecular formula is C25H20F2N4O2S. The van der Waals surface area contributed by atoms with E-state index in [2.05, 4.69) is 5.10 Å². The van der Waals surface area contributed by atoms with Crippen LogP contribution in [0.3, 0.4) is 0 Å². The van der Waals surface area contributed by atoms with Gasteiger partial charge < -0.3 is 0 Å². The van der Waals surface area contributed by atoms with Crippen molar-refractivity contribution in [2.75, 3.05) is 10.6 Å². The third-order valence-electron chi connectivity index (χ3n) is 5.48. The summed E-state index contributed by atoms with van der Waals surface area (Å²) in [5.41, 5.74) is 3.84. The maximum absolute atomic E-state index is 13.5.